The number of carbonyl (C=O) groups excluding carboxylic acids is 2. The fourth-order valence-electron chi connectivity index (χ4n) is 3.93. The number of fused-ring (bicyclic) bond motifs is 3. The van der Waals surface area contributed by atoms with E-state index in [1.807, 2.05) is 74.7 Å². The summed E-state index contributed by atoms with van der Waals surface area (Å²) >= 11 is 0. The van der Waals surface area contributed by atoms with Crippen LogP contribution in [0.25, 0.3) is 16.6 Å². The number of benzene rings is 2. The monoisotopic (exact) mass is 429 g/mol. The summed E-state index contributed by atoms with van der Waals surface area (Å²) < 4.78 is 1.85. The molecule has 0 radical (unpaired) electrons. The minimum Gasteiger partial charge on any atom is -0.347 e. The van der Waals surface area contributed by atoms with Crippen molar-refractivity contribution in [3.63, 3.8) is 0 Å². The van der Waals surface area contributed by atoms with E-state index in [0.29, 0.717) is 6.42 Å². The van der Waals surface area contributed by atoms with Gasteiger partial charge in [0.05, 0.1) is 12.1 Å². The van der Waals surface area contributed by atoms with Crippen LogP contribution in [0.2, 0.25) is 0 Å². The zero-order valence-electron chi connectivity index (χ0n) is 18.8. The fourth-order valence-corrected chi connectivity index (χ4v) is 3.93. The first-order valence-electron chi connectivity index (χ1n) is 10.7. The van der Waals surface area contributed by atoms with Crippen LogP contribution in [-0.2, 0) is 16.0 Å². The summed E-state index contributed by atoms with van der Waals surface area (Å²) in [6.07, 6.45) is 0.799. The smallest absolute Gasteiger partial charge is 0.243 e. The van der Waals surface area contributed by atoms with E-state index in [4.69, 9.17) is 4.98 Å². The molecule has 2 aromatic heterocycles. The molecule has 32 heavy (non-hydrogen) atoms. The summed E-state index contributed by atoms with van der Waals surface area (Å²) in [5.41, 5.74) is 7.48. The maximum absolute atomic E-state index is 12.4. The van der Waals surface area contributed by atoms with Gasteiger partial charge in [-0.1, -0.05) is 24.3 Å². The minimum atomic E-state index is -0.245. The first kappa shape index (κ1) is 21.5. The van der Waals surface area contributed by atoms with Crippen molar-refractivity contribution in [1.82, 2.24) is 19.9 Å². The number of nitrogens with one attached hydrogen (secondary N) is 2. The average Bonchev–Trinajstić information content (AvgIpc) is 3.14. The van der Waals surface area contributed by atoms with Gasteiger partial charge in [0.1, 0.15) is 0 Å². The van der Waals surface area contributed by atoms with Gasteiger partial charge < -0.3 is 10.6 Å². The Labute approximate surface area is 186 Å². The number of carbonyl (C=O) groups is 2. The van der Waals surface area contributed by atoms with E-state index in [0.717, 1.165) is 50.3 Å². The lowest BCUT2D eigenvalue weighted by molar-refractivity contribution is -0.124. The maximum atomic E-state index is 12.4. The topological polar surface area (TPSA) is 88.4 Å². The molecule has 164 valence electrons. The van der Waals surface area contributed by atoms with Crippen molar-refractivity contribution in [3.8, 4) is 0 Å². The molecule has 0 aliphatic carbocycles. The van der Waals surface area contributed by atoms with Gasteiger partial charge >= 0.3 is 0 Å². The maximum Gasteiger partial charge on any atom is 0.243 e. The Kier molecular flexibility index (Phi) is 5.90. The van der Waals surface area contributed by atoms with Crippen molar-refractivity contribution in [2.24, 2.45) is 0 Å². The molecule has 0 spiro atoms. The van der Waals surface area contributed by atoms with Crippen molar-refractivity contribution in [2.45, 2.75) is 40.5 Å². The van der Waals surface area contributed by atoms with Crippen molar-refractivity contribution in [1.29, 1.82) is 0 Å². The van der Waals surface area contributed by atoms with Crippen LogP contribution in [0.3, 0.4) is 0 Å². The number of anilines is 1. The molecule has 7 heteroatoms. The minimum absolute atomic E-state index is 0.0635. The molecule has 0 aliphatic rings. The number of hydrogen-bond donors (Lipinski definition) is 2. The van der Waals surface area contributed by atoms with Gasteiger partial charge in [-0.05, 0) is 69.0 Å². The average molecular weight is 430 g/mol. The zero-order chi connectivity index (χ0) is 22.8. The van der Waals surface area contributed by atoms with Gasteiger partial charge in [-0.25, -0.2) is 9.50 Å². The number of aromatic nitrogens is 3. The first-order chi connectivity index (χ1) is 15.3. The lowest BCUT2D eigenvalue weighted by Crippen LogP contribution is -2.33. The molecule has 7 nitrogen and oxygen atoms in total. The van der Waals surface area contributed by atoms with Crippen LogP contribution in [0.5, 0.6) is 0 Å². The number of nitrogens with zero attached hydrogens (tertiary/aromatic N) is 3. The summed E-state index contributed by atoms with van der Waals surface area (Å²) in [5.74, 6) is -0.420. The molecule has 2 heterocycles. The molecule has 0 atom stereocenters. The Bertz CT molecular complexity index is 1340. The molecule has 0 unspecified atom stereocenters. The number of aryl methyl sites for hydroxylation is 3. The molecule has 0 saturated heterocycles. The second-order valence-corrected chi connectivity index (χ2v) is 8.09. The van der Waals surface area contributed by atoms with E-state index in [-0.39, 0.29) is 24.8 Å². The van der Waals surface area contributed by atoms with Crippen LogP contribution in [0.4, 0.5) is 5.69 Å². The van der Waals surface area contributed by atoms with E-state index in [1.165, 1.54) is 0 Å². The molecule has 0 fully saturated rings. The van der Waals surface area contributed by atoms with Crippen molar-refractivity contribution in [3.05, 3.63) is 70.5 Å². The third-order valence-electron chi connectivity index (χ3n) is 5.94. The standard InChI is InChI=1S/C25H27N5O2/c1-15-8-7-11-21(16(15)2)28-24(32)14-26-23(31)13-12-19-17(3)27-25-20-9-5-6-10-22(20)29-30(25)18(19)4/h5-11H,12-14H2,1-4H3,(H,26,31)(H,28,32). The van der Waals surface area contributed by atoms with Crippen LogP contribution < -0.4 is 10.6 Å². The molecule has 2 aromatic carbocycles. The molecule has 4 aromatic rings. The predicted molar refractivity (Wildman–Crippen MR) is 126 cm³/mol. The van der Waals surface area contributed by atoms with Crippen LogP contribution in [0.1, 0.15) is 34.5 Å². The van der Waals surface area contributed by atoms with E-state index < -0.39 is 0 Å². The second-order valence-electron chi connectivity index (χ2n) is 8.09. The quantitative estimate of drug-likeness (QED) is 0.488. The molecule has 0 saturated carbocycles. The Morgan fingerprint density at radius 3 is 2.56 bits per heavy atom. The number of hydrogen-bond acceptors (Lipinski definition) is 4. The normalized spacial score (nSPS) is 11.1. The van der Waals surface area contributed by atoms with Gasteiger partial charge in [0.25, 0.3) is 0 Å². The molecule has 0 aliphatic heterocycles. The van der Waals surface area contributed by atoms with Crippen molar-refractivity contribution < 1.29 is 9.59 Å². The highest BCUT2D eigenvalue weighted by Gasteiger charge is 2.15. The summed E-state index contributed by atoms with van der Waals surface area (Å²) in [6, 6.07) is 13.7. The molecule has 2 N–H and O–H groups in total. The number of rotatable bonds is 6. The van der Waals surface area contributed by atoms with Gasteiger partial charge in [0.2, 0.25) is 11.8 Å². The highest BCUT2D eigenvalue weighted by molar-refractivity contribution is 5.95. The summed E-state index contributed by atoms with van der Waals surface area (Å²) in [7, 11) is 0. The van der Waals surface area contributed by atoms with Gasteiger partial charge in [-0.2, -0.15) is 5.10 Å². The molecule has 2 amide bonds. The molecular weight excluding hydrogens is 402 g/mol. The van der Waals surface area contributed by atoms with Gasteiger partial charge in [-0.3, -0.25) is 9.59 Å². The van der Waals surface area contributed by atoms with Crippen LogP contribution in [-0.4, -0.2) is 33.0 Å². The molecule has 4 rings (SSSR count). The Morgan fingerprint density at radius 1 is 0.969 bits per heavy atom. The third-order valence-corrected chi connectivity index (χ3v) is 5.94. The van der Waals surface area contributed by atoms with E-state index in [9.17, 15) is 9.59 Å². The lowest BCUT2D eigenvalue weighted by atomic mass is 10.1. The van der Waals surface area contributed by atoms with E-state index >= 15 is 0 Å². The van der Waals surface area contributed by atoms with Gasteiger partial charge in [0, 0.05) is 28.9 Å². The van der Waals surface area contributed by atoms with Crippen LogP contribution in [0.15, 0.2) is 42.5 Å². The second kappa shape index (κ2) is 8.78. The largest absolute Gasteiger partial charge is 0.347 e. The Hall–Kier alpha value is -3.74. The lowest BCUT2D eigenvalue weighted by Gasteiger charge is -2.12. The SMILES string of the molecule is Cc1cccc(NC(=O)CNC(=O)CCc2c(C)nc3c4ccccc4nn3c2C)c1C. The van der Waals surface area contributed by atoms with Crippen molar-refractivity contribution in [2.75, 3.05) is 11.9 Å². The van der Waals surface area contributed by atoms with Gasteiger partial charge in [-0.15, -0.1) is 0 Å². The predicted octanol–water partition coefficient (Wildman–Crippen LogP) is 3.80. The summed E-state index contributed by atoms with van der Waals surface area (Å²) in [5, 5.41) is 11.2. The Morgan fingerprint density at radius 2 is 1.75 bits per heavy atom. The zero-order valence-corrected chi connectivity index (χ0v) is 18.8. The highest BCUT2D eigenvalue weighted by atomic mass is 16.2. The molecule has 0 bridgehead atoms. The van der Waals surface area contributed by atoms with E-state index in [2.05, 4.69) is 15.7 Å². The molecular formula is C25H27N5O2. The summed E-state index contributed by atoms with van der Waals surface area (Å²) in [6.45, 7) is 7.85. The van der Waals surface area contributed by atoms with Crippen LogP contribution >= 0.6 is 0 Å². The third kappa shape index (κ3) is 4.19. The number of amides is 2. The van der Waals surface area contributed by atoms with Crippen molar-refractivity contribution >= 4 is 34.1 Å². The first-order valence-corrected chi connectivity index (χ1v) is 10.7. The summed E-state index contributed by atoms with van der Waals surface area (Å²) in [4.78, 5) is 29.4. The van der Waals surface area contributed by atoms with E-state index in [1.54, 1.807) is 0 Å². The van der Waals surface area contributed by atoms with Gasteiger partial charge in [0.15, 0.2) is 5.65 Å². The fraction of sp³-hybridized carbons (Fsp3) is 0.280. The Balaban J connectivity index is 1.39. The highest BCUT2D eigenvalue weighted by Crippen LogP contribution is 2.23. The van der Waals surface area contributed by atoms with Crippen LogP contribution in [0, 0.1) is 27.7 Å².